The molecule has 0 aromatic heterocycles. The van der Waals surface area contributed by atoms with Crippen LogP contribution >= 0.6 is 0 Å². The standard InChI is InChI=1S/C14H18O3/c1-10(14(15)16)8-12-4-2-3-5-13(12)17-9-11-6-7-11/h2-5,10-11H,6-9H2,1H3,(H,15,16). The number of para-hydroxylation sites is 1. The fourth-order valence-corrected chi connectivity index (χ4v) is 1.72. The zero-order chi connectivity index (χ0) is 12.3. The van der Waals surface area contributed by atoms with E-state index in [1.54, 1.807) is 6.92 Å². The maximum absolute atomic E-state index is 10.9. The SMILES string of the molecule is CC(Cc1ccccc1OCC1CC1)C(=O)O. The molecule has 0 spiro atoms. The Labute approximate surface area is 101 Å². The minimum Gasteiger partial charge on any atom is -0.493 e. The fraction of sp³-hybridized carbons (Fsp3) is 0.500. The summed E-state index contributed by atoms with van der Waals surface area (Å²) >= 11 is 0. The molecule has 3 nitrogen and oxygen atoms in total. The van der Waals surface area contributed by atoms with Gasteiger partial charge in [0.2, 0.25) is 0 Å². The van der Waals surface area contributed by atoms with Crippen molar-refractivity contribution >= 4 is 5.97 Å². The molecule has 0 heterocycles. The molecule has 1 atom stereocenters. The maximum atomic E-state index is 10.9. The van der Waals surface area contributed by atoms with E-state index in [-0.39, 0.29) is 5.92 Å². The van der Waals surface area contributed by atoms with E-state index >= 15 is 0 Å². The van der Waals surface area contributed by atoms with Crippen LogP contribution < -0.4 is 4.74 Å². The normalized spacial score (nSPS) is 16.5. The first kappa shape index (κ1) is 12.0. The summed E-state index contributed by atoms with van der Waals surface area (Å²) in [5.74, 6) is 0.412. The zero-order valence-electron chi connectivity index (χ0n) is 10.1. The smallest absolute Gasteiger partial charge is 0.306 e. The molecule has 0 radical (unpaired) electrons. The molecule has 1 unspecified atom stereocenters. The van der Waals surface area contributed by atoms with Gasteiger partial charge in [0.1, 0.15) is 5.75 Å². The highest BCUT2D eigenvalue weighted by Crippen LogP contribution is 2.30. The Morgan fingerprint density at radius 1 is 1.47 bits per heavy atom. The summed E-state index contributed by atoms with van der Waals surface area (Å²) in [6.07, 6.45) is 3.04. The molecule has 1 aliphatic carbocycles. The van der Waals surface area contributed by atoms with Crippen LogP contribution in [0.3, 0.4) is 0 Å². The minimum atomic E-state index is -0.762. The Morgan fingerprint density at radius 2 is 2.18 bits per heavy atom. The van der Waals surface area contributed by atoms with E-state index < -0.39 is 5.97 Å². The van der Waals surface area contributed by atoms with Gasteiger partial charge in [0.25, 0.3) is 0 Å². The molecule has 2 rings (SSSR count). The Balaban J connectivity index is 2.00. The number of carboxylic acids is 1. The van der Waals surface area contributed by atoms with Gasteiger partial charge in [-0.2, -0.15) is 0 Å². The number of aliphatic carboxylic acids is 1. The number of hydrogen-bond acceptors (Lipinski definition) is 2. The van der Waals surface area contributed by atoms with Crippen molar-refractivity contribution in [2.24, 2.45) is 11.8 Å². The summed E-state index contributed by atoms with van der Waals surface area (Å²) in [4.78, 5) is 10.9. The Bertz CT molecular complexity index is 396. The number of carboxylic acid groups (broad SMARTS) is 1. The van der Waals surface area contributed by atoms with Gasteiger partial charge in [0.05, 0.1) is 12.5 Å². The number of carbonyl (C=O) groups is 1. The highest BCUT2D eigenvalue weighted by Gasteiger charge is 2.22. The zero-order valence-corrected chi connectivity index (χ0v) is 10.1. The third-order valence-corrected chi connectivity index (χ3v) is 3.09. The van der Waals surface area contributed by atoms with Crippen LogP contribution in [0, 0.1) is 11.8 Å². The fourth-order valence-electron chi connectivity index (χ4n) is 1.72. The average molecular weight is 234 g/mol. The molecule has 0 amide bonds. The summed E-state index contributed by atoms with van der Waals surface area (Å²) in [6, 6.07) is 7.72. The van der Waals surface area contributed by atoms with E-state index in [9.17, 15) is 4.79 Å². The summed E-state index contributed by atoms with van der Waals surface area (Å²) in [6.45, 7) is 2.48. The Kier molecular flexibility index (Phi) is 3.67. The van der Waals surface area contributed by atoms with Gasteiger partial charge in [-0.25, -0.2) is 0 Å². The van der Waals surface area contributed by atoms with Crippen LogP contribution in [0.5, 0.6) is 5.75 Å². The lowest BCUT2D eigenvalue weighted by molar-refractivity contribution is -0.141. The molecule has 1 aliphatic rings. The molecule has 0 saturated heterocycles. The van der Waals surface area contributed by atoms with Crippen LogP contribution in [0.1, 0.15) is 25.3 Å². The van der Waals surface area contributed by atoms with Gasteiger partial charge in [-0.15, -0.1) is 0 Å². The molecular formula is C14H18O3. The van der Waals surface area contributed by atoms with Gasteiger partial charge in [0, 0.05) is 0 Å². The summed E-state index contributed by atoms with van der Waals surface area (Å²) in [5, 5.41) is 8.92. The first-order valence-corrected chi connectivity index (χ1v) is 6.10. The molecule has 17 heavy (non-hydrogen) atoms. The molecular weight excluding hydrogens is 216 g/mol. The number of rotatable bonds is 6. The van der Waals surface area contributed by atoms with E-state index in [2.05, 4.69) is 0 Å². The first-order chi connectivity index (χ1) is 8.16. The number of benzene rings is 1. The van der Waals surface area contributed by atoms with E-state index in [0.29, 0.717) is 12.3 Å². The lowest BCUT2D eigenvalue weighted by Crippen LogP contribution is -2.13. The number of hydrogen-bond donors (Lipinski definition) is 1. The molecule has 1 fully saturated rings. The molecule has 1 aromatic rings. The second-order valence-corrected chi connectivity index (χ2v) is 4.81. The quantitative estimate of drug-likeness (QED) is 0.823. The van der Waals surface area contributed by atoms with Crippen molar-refractivity contribution in [3.63, 3.8) is 0 Å². The van der Waals surface area contributed by atoms with E-state index in [1.165, 1.54) is 12.8 Å². The lowest BCUT2D eigenvalue weighted by atomic mass is 10.0. The van der Waals surface area contributed by atoms with Crippen LogP contribution in [0.15, 0.2) is 24.3 Å². The van der Waals surface area contributed by atoms with Crippen molar-refractivity contribution in [2.75, 3.05) is 6.61 Å². The maximum Gasteiger partial charge on any atom is 0.306 e. The average Bonchev–Trinajstić information content (AvgIpc) is 3.11. The van der Waals surface area contributed by atoms with Crippen LogP contribution in [0.4, 0.5) is 0 Å². The second kappa shape index (κ2) is 5.21. The van der Waals surface area contributed by atoms with Crippen molar-refractivity contribution in [1.82, 2.24) is 0 Å². The monoisotopic (exact) mass is 234 g/mol. The van der Waals surface area contributed by atoms with Crippen LogP contribution in [0.25, 0.3) is 0 Å². The van der Waals surface area contributed by atoms with E-state index in [1.807, 2.05) is 24.3 Å². The predicted molar refractivity (Wildman–Crippen MR) is 65.2 cm³/mol. The van der Waals surface area contributed by atoms with Crippen molar-refractivity contribution in [1.29, 1.82) is 0 Å². The van der Waals surface area contributed by atoms with Gasteiger partial charge >= 0.3 is 5.97 Å². The third-order valence-electron chi connectivity index (χ3n) is 3.09. The van der Waals surface area contributed by atoms with E-state index in [0.717, 1.165) is 17.9 Å². The topological polar surface area (TPSA) is 46.5 Å². The van der Waals surface area contributed by atoms with Crippen molar-refractivity contribution in [3.05, 3.63) is 29.8 Å². The molecule has 92 valence electrons. The van der Waals surface area contributed by atoms with Crippen molar-refractivity contribution in [2.45, 2.75) is 26.2 Å². The summed E-state index contributed by atoms with van der Waals surface area (Å²) < 4.78 is 5.75. The summed E-state index contributed by atoms with van der Waals surface area (Å²) in [5.41, 5.74) is 0.989. The summed E-state index contributed by atoms with van der Waals surface area (Å²) in [7, 11) is 0. The van der Waals surface area contributed by atoms with Gasteiger partial charge in [0.15, 0.2) is 0 Å². The Hall–Kier alpha value is -1.51. The van der Waals surface area contributed by atoms with Gasteiger partial charge in [-0.3, -0.25) is 4.79 Å². The molecule has 3 heteroatoms. The minimum absolute atomic E-state index is 0.374. The van der Waals surface area contributed by atoms with Crippen molar-refractivity contribution in [3.8, 4) is 5.75 Å². The first-order valence-electron chi connectivity index (χ1n) is 6.10. The third kappa shape index (κ3) is 3.48. The molecule has 1 saturated carbocycles. The predicted octanol–water partition coefficient (Wildman–Crippen LogP) is 2.74. The van der Waals surface area contributed by atoms with Crippen molar-refractivity contribution < 1.29 is 14.6 Å². The van der Waals surface area contributed by atoms with Gasteiger partial charge in [-0.05, 0) is 36.8 Å². The van der Waals surface area contributed by atoms with Crippen LogP contribution in [-0.4, -0.2) is 17.7 Å². The molecule has 0 bridgehead atoms. The molecule has 1 aromatic carbocycles. The number of ether oxygens (including phenoxy) is 1. The largest absolute Gasteiger partial charge is 0.493 e. The van der Waals surface area contributed by atoms with Gasteiger partial charge < -0.3 is 9.84 Å². The second-order valence-electron chi connectivity index (χ2n) is 4.81. The highest BCUT2D eigenvalue weighted by molar-refractivity contribution is 5.70. The molecule has 1 N–H and O–H groups in total. The van der Waals surface area contributed by atoms with E-state index in [4.69, 9.17) is 9.84 Å². The lowest BCUT2D eigenvalue weighted by Gasteiger charge is -2.12. The highest BCUT2D eigenvalue weighted by atomic mass is 16.5. The van der Waals surface area contributed by atoms with Gasteiger partial charge in [-0.1, -0.05) is 25.1 Å². The molecule has 0 aliphatic heterocycles. The van der Waals surface area contributed by atoms with Crippen LogP contribution in [-0.2, 0) is 11.2 Å². The van der Waals surface area contributed by atoms with Crippen LogP contribution in [0.2, 0.25) is 0 Å². The Morgan fingerprint density at radius 3 is 2.82 bits per heavy atom.